The highest BCUT2D eigenvalue weighted by Gasteiger charge is 2.11. The van der Waals surface area contributed by atoms with Gasteiger partial charge in [0.05, 0.1) is 10.7 Å². The molecule has 19 heavy (non-hydrogen) atoms. The van der Waals surface area contributed by atoms with Crippen LogP contribution >= 0.6 is 0 Å². The highest BCUT2D eigenvalue weighted by molar-refractivity contribution is 7.86. The van der Waals surface area contributed by atoms with E-state index in [0.717, 1.165) is 0 Å². The minimum Gasteiger partial charge on any atom is -0.380 e. The van der Waals surface area contributed by atoms with Crippen LogP contribution in [0.3, 0.4) is 0 Å². The maximum Gasteiger partial charge on any atom is 0.328 e. The second-order valence-corrected chi connectivity index (χ2v) is 5.29. The molecule has 0 aliphatic carbocycles. The van der Waals surface area contributed by atoms with Crippen LogP contribution in [0.15, 0.2) is 29.4 Å². The Bertz CT molecular complexity index is 580. The standard InChI is InChI=1S/C10H13N3O5S/c1-2-7-19(16,17)18-12-10(11)8-3-5-9(6-4-8)13(14)15/h3-6H,2,7H2,1H3,(H2,11,12). The van der Waals surface area contributed by atoms with Crippen LogP contribution in [0.5, 0.6) is 0 Å². The van der Waals surface area contributed by atoms with Crippen LogP contribution in [-0.2, 0) is 14.4 Å². The highest BCUT2D eigenvalue weighted by atomic mass is 32.2. The van der Waals surface area contributed by atoms with E-state index in [2.05, 4.69) is 9.44 Å². The summed E-state index contributed by atoms with van der Waals surface area (Å²) in [6.45, 7) is 1.68. The lowest BCUT2D eigenvalue weighted by Crippen LogP contribution is -2.16. The maximum atomic E-state index is 11.2. The molecule has 0 spiro atoms. The number of rotatable bonds is 6. The lowest BCUT2D eigenvalue weighted by Gasteiger charge is -2.02. The number of hydrogen-bond donors (Lipinski definition) is 1. The number of nitro benzene ring substituents is 1. The third-order valence-electron chi connectivity index (χ3n) is 2.08. The fourth-order valence-corrected chi connectivity index (χ4v) is 1.96. The molecule has 0 aliphatic rings. The second-order valence-electron chi connectivity index (χ2n) is 3.62. The number of nitrogens with zero attached hydrogens (tertiary/aromatic N) is 2. The third-order valence-corrected chi connectivity index (χ3v) is 3.29. The third kappa shape index (κ3) is 4.54. The van der Waals surface area contributed by atoms with E-state index in [4.69, 9.17) is 5.73 Å². The molecule has 8 nitrogen and oxygen atoms in total. The van der Waals surface area contributed by atoms with Gasteiger partial charge in [0, 0.05) is 17.7 Å². The van der Waals surface area contributed by atoms with Crippen LogP contribution in [0, 0.1) is 10.1 Å². The fourth-order valence-electron chi connectivity index (χ4n) is 1.19. The van der Waals surface area contributed by atoms with E-state index in [-0.39, 0.29) is 17.3 Å². The number of nitrogens with two attached hydrogens (primary N) is 1. The molecule has 104 valence electrons. The lowest BCUT2D eigenvalue weighted by atomic mass is 10.2. The largest absolute Gasteiger partial charge is 0.380 e. The summed E-state index contributed by atoms with van der Waals surface area (Å²) in [4.78, 5) is 9.90. The van der Waals surface area contributed by atoms with Gasteiger partial charge in [-0.15, -0.1) is 0 Å². The van der Waals surface area contributed by atoms with E-state index in [1.54, 1.807) is 6.92 Å². The molecular weight excluding hydrogens is 274 g/mol. The molecule has 2 N–H and O–H groups in total. The Labute approximate surface area is 110 Å². The first-order chi connectivity index (χ1) is 8.85. The van der Waals surface area contributed by atoms with Crippen molar-refractivity contribution in [2.45, 2.75) is 13.3 Å². The number of oxime groups is 1. The Morgan fingerprint density at radius 2 is 2.00 bits per heavy atom. The van der Waals surface area contributed by atoms with Crippen LogP contribution in [0.1, 0.15) is 18.9 Å². The molecule has 1 aromatic rings. The summed E-state index contributed by atoms with van der Waals surface area (Å²) in [5.74, 6) is -0.334. The molecule has 0 atom stereocenters. The van der Waals surface area contributed by atoms with Gasteiger partial charge in [-0.2, -0.15) is 8.42 Å². The van der Waals surface area contributed by atoms with Gasteiger partial charge in [0.15, 0.2) is 5.84 Å². The first-order valence-corrected chi connectivity index (χ1v) is 6.93. The van der Waals surface area contributed by atoms with E-state index < -0.39 is 15.0 Å². The minimum atomic E-state index is -3.73. The predicted octanol–water partition coefficient (Wildman–Crippen LogP) is 0.972. The Hall–Kier alpha value is -2.16. The van der Waals surface area contributed by atoms with Crippen molar-refractivity contribution in [3.05, 3.63) is 39.9 Å². The molecule has 0 saturated heterocycles. The average molecular weight is 287 g/mol. The quantitative estimate of drug-likeness (QED) is 0.359. The summed E-state index contributed by atoms with van der Waals surface area (Å²) in [7, 11) is -3.73. The SMILES string of the molecule is CCCS(=O)(=O)O/N=C(\N)c1ccc([N+](=O)[O-])cc1. The zero-order chi connectivity index (χ0) is 14.5. The summed E-state index contributed by atoms with van der Waals surface area (Å²) >= 11 is 0. The summed E-state index contributed by atoms with van der Waals surface area (Å²) in [5.41, 5.74) is 5.75. The van der Waals surface area contributed by atoms with Gasteiger partial charge in [-0.3, -0.25) is 14.4 Å². The normalized spacial score (nSPS) is 12.2. The molecule has 0 unspecified atom stereocenters. The molecule has 0 radical (unpaired) electrons. The van der Waals surface area contributed by atoms with Crippen molar-refractivity contribution in [3.63, 3.8) is 0 Å². The van der Waals surface area contributed by atoms with E-state index in [1.807, 2.05) is 0 Å². The fraction of sp³-hybridized carbons (Fsp3) is 0.300. The topological polar surface area (TPSA) is 125 Å². The smallest absolute Gasteiger partial charge is 0.328 e. The Balaban J connectivity index is 2.82. The van der Waals surface area contributed by atoms with Crippen LogP contribution in [0.25, 0.3) is 0 Å². The molecule has 0 heterocycles. The number of nitro groups is 1. The molecule has 0 fully saturated rings. The second kappa shape index (κ2) is 6.14. The number of benzene rings is 1. The Kier molecular flexibility index (Phi) is 4.81. The number of amidine groups is 1. The van der Waals surface area contributed by atoms with Crippen molar-refractivity contribution in [2.24, 2.45) is 10.9 Å². The Morgan fingerprint density at radius 1 is 1.42 bits per heavy atom. The van der Waals surface area contributed by atoms with Gasteiger partial charge in [-0.05, 0) is 23.7 Å². The van der Waals surface area contributed by atoms with Crippen molar-refractivity contribution in [3.8, 4) is 0 Å². The minimum absolute atomic E-state index is 0.101. The number of hydrogen-bond acceptors (Lipinski definition) is 6. The molecule has 1 aromatic carbocycles. The molecule has 0 saturated carbocycles. The molecule has 1 rings (SSSR count). The van der Waals surface area contributed by atoms with E-state index >= 15 is 0 Å². The first kappa shape index (κ1) is 14.9. The predicted molar refractivity (Wildman–Crippen MR) is 69.0 cm³/mol. The zero-order valence-corrected chi connectivity index (χ0v) is 11.0. The average Bonchev–Trinajstić information content (AvgIpc) is 2.36. The van der Waals surface area contributed by atoms with Gasteiger partial charge in [-0.1, -0.05) is 6.92 Å². The van der Waals surface area contributed by atoms with Crippen molar-refractivity contribution >= 4 is 21.6 Å². The van der Waals surface area contributed by atoms with Gasteiger partial charge in [0.2, 0.25) is 0 Å². The van der Waals surface area contributed by atoms with Crippen LogP contribution in [-0.4, -0.2) is 24.9 Å². The van der Waals surface area contributed by atoms with Crippen molar-refractivity contribution in [2.75, 3.05) is 5.75 Å². The maximum absolute atomic E-state index is 11.2. The van der Waals surface area contributed by atoms with Crippen LogP contribution < -0.4 is 5.73 Å². The summed E-state index contributed by atoms with van der Waals surface area (Å²) in [6.07, 6.45) is 0.398. The van der Waals surface area contributed by atoms with Gasteiger partial charge in [0.1, 0.15) is 0 Å². The van der Waals surface area contributed by atoms with Crippen molar-refractivity contribution in [1.82, 2.24) is 0 Å². The van der Waals surface area contributed by atoms with Crippen LogP contribution in [0.2, 0.25) is 0 Å². The van der Waals surface area contributed by atoms with Gasteiger partial charge in [-0.25, -0.2) is 0 Å². The van der Waals surface area contributed by atoms with E-state index in [0.29, 0.717) is 12.0 Å². The van der Waals surface area contributed by atoms with E-state index in [9.17, 15) is 18.5 Å². The van der Waals surface area contributed by atoms with Crippen molar-refractivity contribution in [1.29, 1.82) is 0 Å². The summed E-state index contributed by atoms with van der Waals surface area (Å²) in [6, 6.07) is 5.18. The van der Waals surface area contributed by atoms with Gasteiger partial charge < -0.3 is 5.73 Å². The Morgan fingerprint density at radius 3 is 2.47 bits per heavy atom. The van der Waals surface area contributed by atoms with Gasteiger partial charge in [0.25, 0.3) is 5.69 Å². The summed E-state index contributed by atoms with van der Waals surface area (Å²) in [5, 5.41) is 13.7. The molecule has 0 amide bonds. The molecule has 0 aromatic heterocycles. The molecule has 0 aliphatic heterocycles. The summed E-state index contributed by atoms with van der Waals surface area (Å²) < 4.78 is 26.8. The van der Waals surface area contributed by atoms with Gasteiger partial charge >= 0.3 is 10.1 Å². The molecular formula is C10H13N3O5S. The molecule has 0 bridgehead atoms. The van der Waals surface area contributed by atoms with Crippen molar-refractivity contribution < 1.29 is 17.6 Å². The number of non-ortho nitro benzene ring substituents is 1. The zero-order valence-electron chi connectivity index (χ0n) is 10.1. The monoisotopic (exact) mass is 287 g/mol. The highest BCUT2D eigenvalue weighted by Crippen LogP contribution is 2.11. The lowest BCUT2D eigenvalue weighted by molar-refractivity contribution is -0.384. The molecule has 9 heteroatoms. The first-order valence-electron chi connectivity index (χ1n) is 5.35. The van der Waals surface area contributed by atoms with Crippen LogP contribution in [0.4, 0.5) is 5.69 Å². The van der Waals surface area contributed by atoms with E-state index in [1.165, 1.54) is 24.3 Å².